The lowest BCUT2D eigenvalue weighted by Crippen LogP contribution is -2.35. The minimum atomic E-state index is -0.856. The first kappa shape index (κ1) is 15.6. The van der Waals surface area contributed by atoms with Crippen molar-refractivity contribution in [2.75, 3.05) is 19.7 Å². The Morgan fingerprint density at radius 2 is 2.14 bits per heavy atom. The van der Waals surface area contributed by atoms with E-state index in [1.807, 2.05) is 6.07 Å². The highest BCUT2D eigenvalue weighted by atomic mass is 35.5. The van der Waals surface area contributed by atoms with Crippen molar-refractivity contribution >= 4 is 23.5 Å². The summed E-state index contributed by atoms with van der Waals surface area (Å²) in [5.74, 6) is -0.402. The predicted octanol–water partition coefficient (Wildman–Crippen LogP) is 2.43. The number of amides is 1. The number of ether oxygens (including phenoxy) is 1. The Morgan fingerprint density at radius 1 is 1.43 bits per heavy atom. The largest absolute Gasteiger partial charge is 0.491 e. The Balaban J connectivity index is 1.81. The fraction of sp³-hybridized carbons (Fsp3) is 0.467. The van der Waals surface area contributed by atoms with Gasteiger partial charge in [0.25, 0.3) is 0 Å². The van der Waals surface area contributed by atoms with Crippen LogP contribution in [0.3, 0.4) is 0 Å². The van der Waals surface area contributed by atoms with Crippen molar-refractivity contribution in [3.63, 3.8) is 0 Å². The average molecular weight is 312 g/mol. The molecule has 1 fully saturated rings. The molecule has 0 bridgehead atoms. The fourth-order valence-electron chi connectivity index (χ4n) is 2.32. The van der Waals surface area contributed by atoms with Crippen molar-refractivity contribution in [3.05, 3.63) is 29.3 Å². The number of carboxylic acids is 1. The van der Waals surface area contributed by atoms with Crippen molar-refractivity contribution in [1.29, 1.82) is 0 Å². The maximum atomic E-state index is 12.1. The SMILES string of the molecule is C[C@@]1(C(=O)O)CCN(C(=O)CCOc2ccccc2Cl)C1. The molecule has 6 heteroatoms. The van der Waals surface area contributed by atoms with Gasteiger partial charge in [0, 0.05) is 13.1 Å². The van der Waals surface area contributed by atoms with E-state index in [0.717, 1.165) is 0 Å². The molecule has 1 aliphatic heterocycles. The summed E-state index contributed by atoms with van der Waals surface area (Å²) in [6.07, 6.45) is 0.695. The number of halogens is 1. The summed E-state index contributed by atoms with van der Waals surface area (Å²) >= 11 is 5.95. The standard InChI is InChI=1S/C15H18ClNO4/c1-15(14(19)20)7-8-17(10-15)13(18)6-9-21-12-5-3-2-4-11(12)16/h2-5H,6-10H2,1H3,(H,19,20)/t15-/m1/s1. The molecule has 1 atom stereocenters. The molecule has 5 nitrogen and oxygen atoms in total. The number of hydrogen-bond acceptors (Lipinski definition) is 3. The van der Waals surface area contributed by atoms with Gasteiger partial charge >= 0.3 is 5.97 Å². The number of likely N-dealkylation sites (tertiary alicyclic amines) is 1. The minimum Gasteiger partial charge on any atom is -0.491 e. The van der Waals surface area contributed by atoms with E-state index in [1.54, 1.807) is 30.0 Å². The highest BCUT2D eigenvalue weighted by Gasteiger charge is 2.41. The second kappa shape index (κ2) is 6.35. The van der Waals surface area contributed by atoms with Gasteiger partial charge in [0.2, 0.25) is 5.91 Å². The summed E-state index contributed by atoms with van der Waals surface area (Å²) in [6.45, 7) is 2.63. The zero-order chi connectivity index (χ0) is 15.5. The van der Waals surface area contributed by atoms with Crippen LogP contribution in [0, 0.1) is 5.41 Å². The maximum absolute atomic E-state index is 12.1. The topological polar surface area (TPSA) is 66.8 Å². The van der Waals surface area contributed by atoms with Crippen LogP contribution in [0.5, 0.6) is 5.75 Å². The van der Waals surface area contributed by atoms with Gasteiger partial charge in [-0.2, -0.15) is 0 Å². The molecule has 1 heterocycles. The number of hydrogen-bond donors (Lipinski definition) is 1. The lowest BCUT2D eigenvalue weighted by Gasteiger charge is -2.20. The zero-order valence-corrected chi connectivity index (χ0v) is 12.6. The van der Waals surface area contributed by atoms with Gasteiger partial charge in [-0.1, -0.05) is 23.7 Å². The molecule has 2 rings (SSSR count). The molecule has 1 aromatic rings. The van der Waals surface area contributed by atoms with Gasteiger partial charge in [-0.15, -0.1) is 0 Å². The van der Waals surface area contributed by atoms with E-state index in [9.17, 15) is 9.59 Å². The molecule has 114 valence electrons. The molecule has 1 aromatic carbocycles. The molecule has 0 radical (unpaired) electrons. The number of nitrogens with zero attached hydrogens (tertiary/aromatic N) is 1. The van der Waals surface area contributed by atoms with E-state index in [4.69, 9.17) is 21.4 Å². The Morgan fingerprint density at radius 3 is 2.76 bits per heavy atom. The number of rotatable bonds is 5. The predicted molar refractivity (Wildman–Crippen MR) is 78.5 cm³/mol. The first-order valence-corrected chi connectivity index (χ1v) is 7.19. The smallest absolute Gasteiger partial charge is 0.311 e. The Bertz CT molecular complexity index is 548. The number of benzene rings is 1. The summed E-state index contributed by atoms with van der Waals surface area (Å²) in [4.78, 5) is 24.8. The Labute approximate surface area is 128 Å². The van der Waals surface area contributed by atoms with Crippen molar-refractivity contribution in [2.45, 2.75) is 19.8 Å². The molecule has 21 heavy (non-hydrogen) atoms. The third kappa shape index (κ3) is 3.67. The van der Waals surface area contributed by atoms with Crippen LogP contribution in [-0.4, -0.2) is 41.6 Å². The molecule has 1 aliphatic rings. The first-order chi connectivity index (χ1) is 9.92. The highest BCUT2D eigenvalue weighted by molar-refractivity contribution is 6.32. The third-order valence-corrected chi connectivity index (χ3v) is 4.06. The van der Waals surface area contributed by atoms with Crippen LogP contribution < -0.4 is 4.74 Å². The first-order valence-electron chi connectivity index (χ1n) is 6.81. The van der Waals surface area contributed by atoms with E-state index < -0.39 is 11.4 Å². The van der Waals surface area contributed by atoms with E-state index in [1.165, 1.54) is 0 Å². The lowest BCUT2D eigenvalue weighted by atomic mass is 9.90. The van der Waals surface area contributed by atoms with Gasteiger partial charge < -0.3 is 14.7 Å². The molecule has 0 aromatic heterocycles. The van der Waals surface area contributed by atoms with Crippen LogP contribution in [0.25, 0.3) is 0 Å². The second-order valence-electron chi connectivity index (χ2n) is 5.46. The van der Waals surface area contributed by atoms with Gasteiger partial charge in [0.15, 0.2) is 0 Å². The highest BCUT2D eigenvalue weighted by Crippen LogP contribution is 2.30. The molecule has 1 amide bonds. The van der Waals surface area contributed by atoms with E-state index in [0.29, 0.717) is 23.7 Å². The Kier molecular flexibility index (Phi) is 4.73. The van der Waals surface area contributed by atoms with Crippen LogP contribution in [0.2, 0.25) is 5.02 Å². The molecule has 1 saturated heterocycles. The van der Waals surface area contributed by atoms with Gasteiger partial charge in [-0.05, 0) is 25.5 Å². The summed E-state index contributed by atoms with van der Waals surface area (Å²) in [5.41, 5.74) is -0.834. The van der Waals surface area contributed by atoms with Gasteiger partial charge in [0.1, 0.15) is 5.75 Å². The molecule has 0 spiro atoms. The molecule has 0 aliphatic carbocycles. The number of carbonyl (C=O) groups is 2. The van der Waals surface area contributed by atoms with E-state index in [2.05, 4.69) is 0 Å². The number of para-hydroxylation sites is 1. The number of aliphatic carboxylic acids is 1. The summed E-state index contributed by atoms with van der Waals surface area (Å²) < 4.78 is 5.47. The zero-order valence-electron chi connectivity index (χ0n) is 11.8. The van der Waals surface area contributed by atoms with Crippen LogP contribution in [0.15, 0.2) is 24.3 Å². The molecular formula is C15H18ClNO4. The summed E-state index contributed by atoms with van der Waals surface area (Å²) in [7, 11) is 0. The van der Waals surface area contributed by atoms with Crippen molar-refractivity contribution < 1.29 is 19.4 Å². The third-order valence-electron chi connectivity index (χ3n) is 3.75. The van der Waals surface area contributed by atoms with Crippen molar-refractivity contribution in [3.8, 4) is 5.75 Å². The van der Waals surface area contributed by atoms with E-state index in [-0.39, 0.29) is 25.5 Å². The summed E-state index contributed by atoms with van der Waals surface area (Å²) in [5, 5.41) is 9.65. The number of carboxylic acid groups (broad SMARTS) is 1. The second-order valence-corrected chi connectivity index (χ2v) is 5.87. The molecular weight excluding hydrogens is 294 g/mol. The molecule has 0 unspecified atom stereocenters. The lowest BCUT2D eigenvalue weighted by molar-refractivity contribution is -0.147. The van der Waals surface area contributed by atoms with Crippen LogP contribution >= 0.6 is 11.6 Å². The van der Waals surface area contributed by atoms with Gasteiger partial charge in [-0.25, -0.2) is 0 Å². The van der Waals surface area contributed by atoms with Crippen LogP contribution in [-0.2, 0) is 9.59 Å². The van der Waals surface area contributed by atoms with Crippen molar-refractivity contribution in [2.24, 2.45) is 5.41 Å². The minimum absolute atomic E-state index is 0.0907. The van der Waals surface area contributed by atoms with Gasteiger partial charge in [-0.3, -0.25) is 9.59 Å². The van der Waals surface area contributed by atoms with E-state index >= 15 is 0 Å². The van der Waals surface area contributed by atoms with Crippen molar-refractivity contribution in [1.82, 2.24) is 4.90 Å². The quantitative estimate of drug-likeness (QED) is 0.907. The van der Waals surface area contributed by atoms with Crippen LogP contribution in [0.4, 0.5) is 0 Å². The monoisotopic (exact) mass is 311 g/mol. The molecule has 1 N–H and O–H groups in total. The maximum Gasteiger partial charge on any atom is 0.311 e. The van der Waals surface area contributed by atoms with Gasteiger partial charge in [0.05, 0.1) is 23.5 Å². The fourth-order valence-corrected chi connectivity index (χ4v) is 2.51. The Hall–Kier alpha value is -1.75. The average Bonchev–Trinajstić information content (AvgIpc) is 2.85. The normalized spacial score (nSPS) is 21.3. The molecule has 0 saturated carbocycles. The van der Waals surface area contributed by atoms with Crippen LogP contribution in [0.1, 0.15) is 19.8 Å². The summed E-state index contributed by atoms with van der Waals surface area (Å²) in [6, 6.07) is 7.07. The number of carbonyl (C=O) groups excluding carboxylic acids is 1.